The van der Waals surface area contributed by atoms with Crippen LogP contribution in [0.15, 0.2) is 42.5 Å². The summed E-state index contributed by atoms with van der Waals surface area (Å²) in [6.07, 6.45) is 0. The van der Waals surface area contributed by atoms with Gasteiger partial charge in [0.25, 0.3) is 0 Å². The first-order valence-corrected chi connectivity index (χ1v) is 9.37. The van der Waals surface area contributed by atoms with Gasteiger partial charge in [0.15, 0.2) is 0 Å². The van der Waals surface area contributed by atoms with E-state index in [-0.39, 0.29) is 17.5 Å². The van der Waals surface area contributed by atoms with Crippen LogP contribution in [0.2, 0.25) is 0 Å². The summed E-state index contributed by atoms with van der Waals surface area (Å²) < 4.78 is 14.1. The summed E-state index contributed by atoms with van der Waals surface area (Å²) in [4.78, 5) is 18.8. The molecule has 1 amide bonds. The van der Waals surface area contributed by atoms with E-state index < -0.39 is 5.82 Å². The zero-order chi connectivity index (χ0) is 20.3. The molecule has 0 aliphatic carbocycles. The number of piperazine rings is 1. The lowest BCUT2D eigenvalue weighted by molar-refractivity contribution is -0.134. The van der Waals surface area contributed by atoms with Crippen molar-refractivity contribution < 1.29 is 9.18 Å². The summed E-state index contributed by atoms with van der Waals surface area (Å²) in [6.45, 7) is 4.66. The van der Waals surface area contributed by atoms with E-state index >= 15 is 0 Å². The Morgan fingerprint density at radius 2 is 1.79 bits per heavy atom. The number of benzene rings is 2. The Labute approximate surface area is 165 Å². The van der Waals surface area contributed by atoms with Crippen molar-refractivity contribution in [1.29, 1.82) is 5.26 Å². The van der Waals surface area contributed by atoms with Gasteiger partial charge in [-0.15, -0.1) is 0 Å². The highest BCUT2D eigenvalue weighted by Gasteiger charge is 2.31. The lowest BCUT2D eigenvalue weighted by atomic mass is 10.0. The minimum absolute atomic E-state index is 0.0558. The van der Waals surface area contributed by atoms with Gasteiger partial charge in [0, 0.05) is 46.0 Å². The van der Waals surface area contributed by atoms with Crippen LogP contribution >= 0.6 is 0 Å². The van der Waals surface area contributed by atoms with Crippen molar-refractivity contribution >= 4 is 11.6 Å². The zero-order valence-corrected chi connectivity index (χ0v) is 16.5. The molecule has 1 fully saturated rings. The minimum atomic E-state index is -0.490. The molecule has 0 bridgehead atoms. The van der Waals surface area contributed by atoms with E-state index in [0.29, 0.717) is 26.2 Å². The minimum Gasteiger partial charge on any atom is -0.369 e. The molecular weight excluding hydrogens is 355 g/mol. The summed E-state index contributed by atoms with van der Waals surface area (Å²) >= 11 is 0. The Morgan fingerprint density at radius 1 is 1.14 bits per heavy atom. The van der Waals surface area contributed by atoms with Crippen LogP contribution in [0.3, 0.4) is 0 Å². The second kappa shape index (κ2) is 8.41. The molecule has 0 aromatic heterocycles. The van der Waals surface area contributed by atoms with Crippen LogP contribution in [-0.4, -0.2) is 56.0 Å². The number of carbonyl (C=O) groups is 1. The van der Waals surface area contributed by atoms with E-state index in [1.54, 1.807) is 25.1 Å². The predicted octanol–water partition coefficient (Wildman–Crippen LogP) is 2.96. The second-order valence-electron chi connectivity index (χ2n) is 7.30. The standard InChI is InChI=1S/C22H25FN4O/c1-16-13-18(15-24)19(23)14-20(16)26-9-11-27(12-10-26)21(22(28)25(2)3)17-7-5-4-6-8-17/h4-8,13-14,21H,9-12H2,1-3H3. The number of carbonyl (C=O) groups excluding carboxylic acids is 1. The van der Waals surface area contributed by atoms with Crippen molar-refractivity contribution in [2.24, 2.45) is 0 Å². The highest BCUT2D eigenvalue weighted by Crippen LogP contribution is 2.28. The molecule has 0 N–H and O–H groups in total. The topological polar surface area (TPSA) is 50.6 Å². The molecule has 1 unspecified atom stereocenters. The smallest absolute Gasteiger partial charge is 0.244 e. The highest BCUT2D eigenvalue weighted by atomic mass is 19.1. The molecule has 146 valence electrons. The molecule has 2 aromatic rings. The Morgan fingerprint density at radius 3 is 2.36 bits per heavy atom. The van der Waals surface area contributed by atoms with Gasteiger partial charge in [-0.05, 0) is 30.2 Å². The first-order valence-electron chi connectivity index (χ1n) is 9.37. The number of likely N-dealkylation sites (N-methyl/N-ethyl adjacent to an activating group) is 1. The SMILES string of the molecule is Cc1cc(C#N)c(F)cc1N1CCN(C(C(=O)N(C)C)c2ccccc2)CC1. The number of anilines is 1. The van der Waals surface area contributed by atoms with Gasteiger partial charge < -0.3 is 9.80 Å². The van der Waals surface area contributed by atoms with Gasteiger partial charge >= 0.3 is 0 Å². The number of aryl methyl sites for hydroxylation is 1. The number of nitrogens with zero attached hydrogens (tertiary/aromatic N) is 4. The Balaban J connectivity index is 1.79. The van der Waals surface area contributed by atoms with Gasteiger partial charge in [-0.1, -0.05) is 30.3 Å². The fourth-order valence-corrected chi connectivity index (χ4v) is 3.71. The Bertz CT molecular complexity index is 883. The predicted molar refractivity (Wildman–Crippen MR) is 108 cm³/mol. The lowest BCUT2D eigenvalue weighted by Gasteiger charge is -2.40. The monoisotopic (exact) mass is 380 g/mol. The van der Waals surface area contributed by atoms with Crippen molar-refractivity contribution in [3.63, 3.8) is 0 Å². The van der Waals surface area contributed by atoms with Crippen LogP contribution in [0.4, 0.5) is 10.1 Å². The van der Waals surface area contributed by atoms with Crippen LogP contribution in [0.5, 0.6) is 0 Å². The first-order chi connectivity index (χ1) is 13.4. The van der Waals surface area contributed by atoms with Crippen molar-refractivity contribution in [1.82, 2.24) is 9.80 Å². The molecule has 6 heteroatoms. The van der Waals surface area contributed by atoms with Gasteiger partial charge in [-0.25, -0.2) is 4.39 Å². The second-order valence-corrected chi connectivity index (χ2v) is 7.30. The molecule has 2 aromatic carbocycles. The van der Waals surface area contributed by atoms with E-state index in [0.717, 1.165) is 16.8 Å². The van der Waals surface area contributed by atoms with Gasteiger partial charge in [0.05, 0.1) is 5.56 Å². The summed E-state index contributed by atoms with van der Waals surface area (Å²) in [5.74, 6) is -0.435. The Hall–Kier alpha value is -2.91. The summed E-state index contributed by atoms with van der Waals surface area (Å²) in [7, 11) is 3.55. The molecule has 0 spiro atoms. The summed E-state index contributed by atoms with van der Waals surface area (Å²) in [5, 5.41) is 9.00. The van der Waals surface area contributed by atoms with Crippen molar-refractivity contribution in [2.45, 2.75) is 13.0 Å². The zero-order valence-electron chi connectivity index (χ0n) is 16.5. The van der Waals surface area contributed by atoms with Gasteiger partial charge in [-0.2, -0.15) is 5.26 Å². The summed E-state index contributed by atoms with van der Waals surface area (Å²) in [6, 6.07) is 14.4. The van der Waals surface area contributed by atoms with E-state index in [2.05, 4.69) is 9.80 Å². The molecule has 1 heterocycles. The fourth-order valence-electron chi connectivity index (χ4n) is 3.71. The van der Waals surface area contributed by atoms with E-state index in [1.165, 1.54) is 6.07 Å². The number of rotatable bonds is 4. The molecule has 5 nitrogen and oxygen atoms in total. The quantitative estimate of drug-likeness (QED) is 0.818. The van der Waals surface area contributed by atoms with E-state index in [1.807, 2.05) is 43.3 Å². The van der Waals surface area contributed by atoms with Crippen LogP contribution < -0.4 is 4.90 Å². The van der Waals surface area contributed by atoms with Crippen molar-refractivity contribution in [2.75, 3.05) is 45.2 Å². The molecule has 28 heavy (non-hydrogen) atoms. The van der Waals surface area contributed by atoms with Crippen molar-refractivity contribution in [3.05, 3.63) is 65.0 Å². The molecule has 1 aliphatic rings. The van der Waals surface area contributed by atoms with Gasteiger partial charge in [-0.3, -0.25) is 9.69 Å². The fraction of sp³-hybridized carbons (Fsp3) is 0.364. The van der Waals surface area contributed by atoms with Gasteiger partial charge in [0.1, 0.15) is 17.9 Å². The first kappa shape index (κ1) is 19.8. The molecule has 0 radical (unpaired) electrons. The van der Waals surface area contributed by atoms with Crippen LogP contribution in [0.1, 0.15) is 22.7 Å². The normalized spacial score (nSPS) is 15.8. The van der Waals surface area contributed by atoms with Gasteiger partial charge in [0.2, 0.25) is 5.91 Å². The third kappa shape index (κ3) is 4.00. The van der Waals surface area contributed by atoms with Crippen LogP contribution in [-0.2, 0) is 4.79 Å². The lowest BCUT2D eigenvalue weighted by Crippen LogP contribution is -2.51. The number of nitriles is 1. The van der Waals surface area contributed by atoms with Crippen LogP contribution in [0, 0.1) is 24.1 Å². The molecule has 0 saturated carbocycles. The summed E-state index contributed by atoms with van der Waals surface area (Å²) in [5.41, 5.74) is 2.75. The molecule has 1 atom stereocenters. The van der Waals surface area contributed by atoms with E-state index in [9.17, 15) is 9.18 Å². The maximum atomic E-state index is 14.1. The third-order valence-corrected chi connectivity index (χ3v) is 5.22. The molecule has 3 rings (SSSR count). The van der Waals surface area contributed by atoms with E-state index in [4.69, 9.17) is 5.26 Å². The molecular formula is C22H25FN4O. The average Bonchev–Trinajstić information content (AvgIpc) is 2.71. The third-order valence-electron chi connectivity index (χ3n) is 5.22. The highest BCUT2D eigenvalue weighted by molar-refractivity contribution is 5.83. The number of hydrogen-bond acceptors (Lipinski definition) is 4. The molecule has 1 aliphatic heterocycles. The largest absolute Gasteiger partial charge is 0.369 e. The maximum absolute atomic E-state index is 14.1. The number of amides is 1. The molecule has 1 saturated heterocycles. The number of hydrogen-bond donors (Lipinski definition) is 0. The number of halogens is 1. The maximum Gasteiger partial charge on any atom is 0.244 e. The van der Waals surface area contributed by atoms with Crippen LogP contribution in [0.25, 0.3) is 0 Å². The van der Waals surface area contributed by atoms with Crippen molar-refractivity contribution in [3.8, 4) is 6.07 Å². The average molecular weight is 380 g/mol. The Kier molecular flexibility index (Phi) is 5.96.